The van der Waals surface area contributed by atoms with Crippen LogP contribution in [-0.2, 0) is 0 Å². The molecule has 1 N–H and O–H groups in total. The van der Waals surface area contributed by atoms with Gasteiger partial charge >= 0.3 is 0 Å². The zero-order chi connectivity index (χ0) is 9.54. The number of benzene rings is 1. The van der Waals surface area contributed by atoms with Gasteiger partial charge in [-0.15, -0.1) is 0 Å². The van der Waals surface area contributed by atoms with Crippen molar-refractivity contribution in [2.45, 2.75) is 0 Å². The molecule has 0 unspecified atom stereocenters. The Kier molecular flexibility index (Phi) is 1.31. The lowest BCUT2D eigenvalue weighted by atomic mass is 10.1. The highest BCUT2D eigenvalue weighted by molar-refractivity contribution is 6.06. The standard InChI is InChI=1S/C11H7NO2/c13-9-6-14-11-10(9)8-4-2-1-3-7(8)5-12-11/h1-6,13H. The Morgan fingerprint density at radius 1 is 1.21 bits per heavy atom. The molecule has 2 heterocycles. The zero-order valence-electron chi connectivity index (χ0n) is 7.27. The normalized spacial score (nSPS) is 11.1. The largest absolute Gasteiger partial charge is 0.504 e. The molecule has 0 spiro atoms. The third-order valence-corrected chi connectivity index (χ3v) is 2.30. The Morgan fingerprint density at radius 3 is 3.00 bits per heavy atom. The van der Waals surface area contributed by atoms with Gasteiger partial charge in [-0.3, -0.25) is 0 Å². The summed E-state index contributed by atoms with van der Waals surface area (Å²) < 4.78 is 5.10. The van der Waals surface area contributed by atoms with Gasteiger partial charge in [-0.25, -0.2) is 4.98 Å². The fourth-order valence-electron chi connectivity index (χ4n) is 1.65. The number of nitrogens with zero attached hydrogens (tertiary/aromatic N) is 1. The summed E-state index contributed by atoms with van der Waals surface area (Å²) in [4.78, 5) is 4.10. The zero-order valence-corrected chi connectivity index (χ0v) is 7.27. The van der Waals surface area contributed by atoms with Crippen LogP contribution in [0.1, 0.15) is 0 Å². The van der Waals surface area contributed by atoms with Crippen LogP contribution in [-0.4, -0.2) is 10.1 Å². The molecule has 0 saturated carbocycles. The van der Waals surface area contributed by atoms with Gasteiger partial charge in [0.2, 0.25) is 5.71 Å². The second-order valence-electron chi connectivity index (χ2n) is 3.15. The Hall–Kier alpha value is -2.03. The minimum Gasteiger partial charge on any atom is -0.504 e. The third-order valence-electron chi connectivity index (χ3n) is 2.30. The topological polar surface area (TPSA) is 46.3 Å². The number of furan rings is 1. The van der Waals surface area contributed by atoms with E-state index >= 15 is 0 Å². The molecule has 1 aromatic carbocycles. The summed E-state index contributed by atoms with van der Waals surface area (Å²) in [5, 5.41) is 12.2. The number of fused-ring (bicyclic) bond motifs is 3. The van der Waals surface area contributed by atoms with E-state index in [1.807, 2.05) is 24.3 Å². The number of aromatic hydroxyl groups is 1. The maximum atomic E-state index is 9.58. The summed E-state index contributed by atoms with van der Waals surface area (Å²) >= 11 is 0. The number of aromatic nitrogens is 1. The summed E-state index contributed by atoms with van der Waals surface area (Å²) in [6, 6.07) is 7.75. The van der Waals surface area contributed by atoms with Crippen LogP contribution in [0.5, 0.6) is 5.75 Å². The van der Waals surface area contributed by atoms with E-state index in [-0.39, 0.29) is 5.75 Å². The molecule has 68 valence electrons. The molecule has 3 aromatic rings. The Balaban J connectivity index is 2.65. The van der Waals surface area contributed by atoms with E-state index in [0.717, 1.165) is 10.8 Å². The van der Waals surface area contributed by atoms with Crippen molar-refractivity contribution < 1.29 is 9.52 Å². The van der Waals surface area contributed by atoms with Crippen molar-refractivity contribution in [1.29, 1.82) is 0 Å². The number of rotatable bonds is 0. The average molecular weight is 185 g/mol. The first kappa shape index (κ1) is 7.38. The number of hydrogen-bond donors (Lipinski definition) is 1. The molecule has 0 aliphatic rings. The Bertz CT molecular complexity index is 613. The molecule has 0 atom stereocenters. The summed E-state index contributed by atoms with van der Waals surface area (Å²) in [5.74, 6) is 0.143. The van der Waals surface area contributed by atoms with Crippen molar-refractivity contribution in [2.24, 2.45) is 0 Å². The minimum atomic E-state index is 0.143. The first-order valence-electron chi connectivity index (χ1n) is 4.30. The van der Waals surface area contributed by atoms with Gasteiger partial charge in [0.1, 0.15) is 6.26 Å². The van der Waals surface area contributed by atoms with Crippen LogP contribution in [0, 0.1) is 0 Å². The van der Waals surface area contributed by atoms with E-state index in [2.05, 4.69) is 4.98 Å². The number of pyridine rings is 1. The predicted octanol–water partition coefficient (Wildman–Crippen LogP) is 2.69. The average Bonchev–Trinajstić information content (AvgIpc) is 2.61. The van der Waals surface area contributed by atoms with Gasteiger partial charge < -0.3 is 9.52 Å². The van der Waals surface area contributed by atoms with Gasteiger partial charge in [-0.05, 0) is 5.39 Å². The van der Waals surface area contributed by atoms with E-state index in [0.29, 0.717) is 11.1 Å². The molecule has 0 aliphatic heterocycles. The van der Waals surface area contributed by atoms with Crippen molar-refractivity contribution in [3.05, 3.63) is 36.7 Å². The molecule has 2 aromatic heterocycles. The fraction of sp³-hybridized carbons (Fsp3) is 0. The van der Waals surface area contributed by atoms with Crippen molar-refractivity contribution in [3.8, 4) is 5.75 Å². The second-order valence-corrected chi connectivity index (χ2v) is 3.15. The molecular formula is C11H7NO2. The maximum Gasteiger partial charge on any atom is 0.230 e. The molecule has 0 aliphatic carbocycles. The SMILES string of the molecule is Oc1coc2ncc3ccccc3c12. The van der Waals surface area contributed by atoms with E-state index < -0.39 is 0 Å². The van der Waals surface area contributed by atoms with Gasteiger partial charge in [0, 0.05) is 11.6 Å². The molecule has 0 saturated heterocycles. The van der Waals surface area contributed by atoms with Crippen molar-refractivity contribution in [2.75, 3.05) is 0 Å². The molecule has 0 fully saturated rings. The van der Waals surface area contributed by atoms with Gasteiger partial charge in [0.25, 0.3) is 0 Å². The first-order chi connectivity index (χ1) is 6.86. The Morgan fingerprint density at radius 2 is 2.07 bits per heavy atom. The minimum absolute atomic E-state index is 0.143. The third kappa shape index (κ3) is 0.836. The maximum absolute atomic E-state index is 9.58. The lowest BCUT2D eigenvalue weighted by molar-refractivity contribution is 0.464. The van der Waals surface area contributed by atoms with Gasteiger partial charge in [0.15, 0.2) is 5.75 Å². The monoisotopic (exact) mass is 185 g/mol. The lowest BCUT2D eigenvalue weighted by Gasteiger charge is -1.96. The highest BCUT2D eigenvalue weighted by atomic mass is 16.4. The highest BCUT2D eigenvalue weighted by Gasteiger charge is 2.08. The van der Waals surface area contributed by atoms with Crippen LogP contribution in [0.15, 0.2) is 41.1 Å². The predicted molar refractivity (Wildman–Crippen MR) is 53.2 cm³/mol. The first-order valence-corrected chi connectivity index (χ1v) is 4.30. The molecule has 0 bridgehead atoms. The van der Waals surface area contributed by atoms with Gasteiger partial charge in [-0.2, -0.15) is 0 Å². The molecule has 0 radical (unpaired) electrons. The molecule has 3 nitrogen and oxygen atoms in total. The van der Waals surface area contributed by atoms with Crippen LogP contribution in [0.3, 0.4) is 0 Å². The van der Waals surface area contributed by atoms with Crippen LogP contribution in [0.2, 0.25) is 0 Å². The Labute approximate surface area is 79.6 Å². The van der Waals surface area contributed by atoms with E-state index in [4.69, 9.17) is 4.42 Å². The second kappa shape index (κ2) is 2.48. The van der Waals surface area contributed by atoms with Gasteiger partial charge in [0.05, 0.1) is 5.39 Å². The summed E-state index contributed by atoms with van der Waals surface area (Å²) in [6.45, 7) is 0. The van der Waals surface area contributed by atoms with Crippen molar-refractivity contribution in [1.82, 2.24) is 4.98 Å². The van der Waals surface area contributed by atoms with Crippen LogP contribution in [0.25, 0.3) is 21.9 Å². The van der Waals surface area contributed by atoms with Gasteiger partial charge in [-0.1, -0.05) is 24.3 Å². The van der Waals surface area contributed by atoms with Crippen LogP contribution in [0.4, 0.5) is 0 Å². The quantitative estimate of drug-likeness (QED) is 0.585. The highest BCUT2D eigenvalue weighted by Crippen LogP contribution is 2.31. The molecule has 3 rings (SSSR count). The van der Waals surface area contributed by atoms with E-state index in [1.165, 1.54) is 6.26 Å². The molecule has 3 heteroatoms. The van der Waals surface area contributed by atoms with Crippen molar-refractivity contribution in [3.63, 3.8) is 0 Å². The fourth-order valence-corrected chi connectivity index (χ4v) is 1.65. The summed E-state index contributed by atoms with van der Waals surface area (Å²) in [5.41, 5.74) is 0.473. The van der Waals surface area contributed by atoms with Crippen molar-refractivity contribution >= 4 is 21.9 Å². The molecule has 14 heavy (non-hydrogen) atoms. The lowest BCUT2D eigenvalue weighted by Crippen LogP contribution is -1.77. The molecule has 0 amide bonds. The van der Waals surface area contributed by atoms with Crippen LogP contribution >= 0.6 is 0 Å². The van der Waals surface area contributed by atoms with E-state index in [1.54, 1.807) is 6.20 Å². The van der Waals surface area contributed by atoms with E-state index in [9.17, 15) is 5.11 Å². The molecular weight excluding hydrogens is 178 g/mol. The summed E-state index contributed by atoms with van der Waals surface area (Å²) in [6.07, 6.45) is 3.05. The summed E-state index contributed by atoms with van der Waals surface area (Å²) in [7, 11) is 0. The van der Waals surface area contributed by atoms with Crippen LogP contribution < -0.4 is 0 Å². The smallest absolute Gasteiger partial charge is 0.230 e. The number of hydrogen-bond acceptors (Lipinski definition) is 3.